The molecule has 0 spiro atoms. The molecule has 5 heteroatoms. The molecule has 19 heavy (non-hydrogen) atoms. The Balaban J connectivity index is 2.27. The van der Waals surface area contributed by atoms with Crippen molar-refractivity contribution in [3.8, 4) is 0 Å². The highest BCUT2D eigenvalue weighted by molar-refractivity contribution is 5.77. The Hall–Kier alpha value is -1.10. The first kappa shape index (κ1) is 16.0. The smallest absolute Gasteiger partial charge is 0.303 e. The number of nitrogens with zero attached hydrogens (tertiary/aromatic N) is 2. The molecule has 0 saturated carbocycles. The van der Waals surface area contributed by atoms with Gasteiger partial charge in [-0.25, -0.2) is 0 Å². The van der Waals surface area contributed by atoms with E-state index < -0.39 is 5.97 Å². The van der Waals surface area contributed by atoms with Gasteiger partial charge in [0.1, 0.15) is 0 Å². The minimum Gasteiger partial charge on any atom is -0.481 e. The van der Waals surface area contributed by atoms with Crippen LogP contribution < -0.4 is 0 Å². The summed E-state index contributed by atoms with van der Waals surface area (Å²) < 4.78 is 0. The summed E-state index contributed by atoms with van der Waals surface area (Å²) in [5.74, 6) is -0.751. The van der Waals surface area contributed by atoms with Crippen LogP contribution >= 0.6 is 0 Å². The number of carbonyl (C=O) groups excluding carboxylic acids is 1. The van der Waals surface area contributed by atoms with Crippen LogP contribution in [0.25, 0.3) is 0 Å². The minimum atomic E-state index is -0.830. The van der Waals surface area contributed by atoms with Gasteiger partial charge in [0.2, 0.25) is 5.91 Å². The molecule has 1 N–H and O–H groups in total. The standard InChI is InChI=1S/C14H26N2O3/c1-3-9-16-10-7-12(8-11-16)15(2)13(17)5-4-6-14(18)19/h12H,3-11H2,1-2H3,(H,18,19). The molecule has 0 unspecified atom stereocenters. The Labute approximate surface area is 115 Å². The van der Waals surface area contributed by atoms with E-state index in [2.05, 4.69) is 11.8 Å². The topological polar surface area (TPSA) is 60.9 Å². The van der Waals surface area contributed by atoms with Gasteiger partial charge in [-0.2, -0.15) is 0 Å². The average Bonchev–Trinajstić information content (AvgIpc) is 2.38. The number of hydrogen-bond donors (Lipinski definition) is 1. The number of rotatable bonds is 7. The molecule has 0 atom stereocenters. The van der Waals surface area contributed by atoms with Crippen LogP contribution in [0.5, 0.6) is 0 Å². The van der Waals surface area contributed by atoms with E-state index in [4.69, 9.17) is 5.11 Å². The van der Waals surface area contributed by atoms with E-state index in [9.17, 15) is 9.59 Å². The molecule has 0 radical (unpaired) electrons. The highest BCUT2D eigenvalue weighted by atomic mass is 16.4. The van der Waals surface area contributed by atoms with E-state index >= 15 is 0 Å². The van der Waals surface area contributed by atoms with Gasteiger partial charge in [-0.15, -0.1) is 0 Å². The predicted molar refractivity (Wildman–Crippen MR) is 74.0 cm³/mol. The number of likely N-dealkylation sites (tertiary alicyclic amines) is 1. The summed E-state index contributed by atoms with van der Waals surface area (Å²) in [6, 6.07) is 0.324. The molecule has 1 heterocycles. The van der Waals surface area contributed by atoms with Gasteiger partial charge in [-0.1, -0.05) is 6.92 Å². The number of carboxylic acids is 1. The quantitative estimate of drug-likeness (QED) is 0.763. The summed E-state index contributed by atoms with van der Waals surface area (Å²) in [4.78, 5) is 26.6. The van der Waals surface area contributed by atoms with Gasteiger partial charge in [0.15, 0.2) is 0 Å². The third-order valence-electron chi connectivity index (χ3n) is 3.82. The lowest BCUT2D eigenvalue weighted by Crippen LogP contribution is -2.45. The van der Waals surface area contributed by atoms with Crippen molar-refractivity contribution in [3.63, 3.8) is 0 Å². The van der Waals surface area contributed by atoms with Gasteiger partial charge in [0, 0.05) is 39.0 Å². The van der Waals surface area contributed by atoms with Crippen LogP contribution in [0.4, 0.5) is 0 Å². The molecule has 1 rings (SSSR count). The van der Waals surface area contributed by atoms with Crippen molar-refractivity contribution in [2.75, 3.05) is 26.7 Å². The molecule has 1 aliphatic rings. The zero-order valence-corrected chi connectivity index (χ0v) is 12.1. The van der Waals surface area contributed by atoms with Crippen LogP contribution in [-0.2, 0) is 9.59 Å². The lowest BCUT2D eigenvalue weighted by molar-refractivity contribution is -0.137. The van der Waals surface area contributed by atoms with Gasteiger partial charge in [-0.05, 0) is 32.2 Å². The van der Waals surface area contributed by atoms with Crippen LogP contribution in [-0.4, -0.2) is 59.5 Å². The van der Waals surface area contributed by atoms with Gasteiger partial charge >= 0.3 is 5.97 Å². The first-order chi connectivity index (χ1) is 9.04. The second-order valence-corrected chi connectivity index (χ2v) is 5.32. The summed E-state index contributed by atoms with van der Waals surface area (Å²) in [6.45, 7) is 5.45. The third-order valence-corrected chi connectivity index (χ3v) is 3.82. The molecule has 0 aromatic rings. The maximum Gasteiger partial charge on any atom is 0.303 e. The fourth-order valence-electron chi connectivity index (χ4n) is 2.62. The maximum absolute atomic E-state index is 12.0. The third kappa shape index (κ3) is 5.59. The van der Waals surface area contributed by atoms with Crippen LogP contribution in [0, 0.1) is 0 Å². The second-order valence-electron chi connectivity index (χ2n) is 5.32. The van der Waals surface area contributed by atoms with E-state index in [1.165, 1.54) is 6.42 Å². The molecule has 0 aromatic heterocycles. The molecular weight excluding hydrogens is 244 g/mol. The molecule has 1 amide bonds. The first-order valence-corrected chi connectivity index (χ1v) is 7.24. The lowest BCUT2D eigenvalue weighted by atomic mass is 10.0. The number of amides is 1. The SMILES string of the molecule is CCCN1CCC(N(C)C(=O)CCCC(=O)O)CC1. The number of piperidine rings is 1. The van der Waals surface area contributed by atoms with Crippen molar-refractivity contribution in [2.24, 2.45) is 0 Å². The normalized spacial score (nSPS) is 17.4. The Bertz CT molecular complexity index is 299. The van der Waals surface area contributed by atoms with E-state index in [-0.39, 0.29) is 12.3 Å². The maximum atomic E-state index is 12.0. The summed E-state index contributed by atoms with van der Waals surface area (Å²) in [7, 11) is 1.85. The van der Waals surface area contributed by atoms with Crippen LogP contribution in [0.15, 0.2) is 0 Å². The number of carbonyl (C=O) groups is 2. The monoisotopic (exact) mass is 270 g/mol. The summed E-state index contributed by atoms with van der Waals surface area (Å²) in [6.07, 6.45) is 4.09. The van der Waals surface area contributed by atoms with Crippen LogP contribution in [0.1, 0.15) is 45.4 Å². The molecule has 0 bridgehead atoms. The Kier molecular flexibility index (Phi) is 6.84. The molecule has 0 aromatic carbocycles. The van der Waals surface area contributed by atoms with Crippen LogP contribution in [0.3, 0.4) is 0 Å². The van der Waals surface area contributed by atoms with Gasteiger partial charge in [-0.3, -0.25) is 9.59 Å². The summed E-state index contributed by atoms with van der Waals surface area (Å²) >= 11 is 0. The van der Waals surface area contributed by atoms with Crippen molar-refractivity contribution < 1.29 is 14.7 Å². The molecule has 5 nitrogen and oxygen atoms in total. The minimum absolute atomic E-state index is 0.0779. The van der Waals surface area contributed by atoms with Crippen molar-refractivity contribution >= 4 is 11.9 Å². The molecule has 1 aliphatic heterocycles. The van der Waals surface area contributed by atoms with Crippen molar-refractivity contribution in [2.45, 2.75) is 51.5 Å². The summed E-state index contributed by atoms with van der Waals surface area (Å²) in [5.41, 5.74) is 0. The van der Waals surface area contributed by atoms with E-state index in [0.717, 1.165) is 32.5 Å². The second kappa shape index (κ2) is 8.15. The van der Waals surface area contributed by atoms with Gasteiger partial charge < -0.3 is 14.9 Å². The largest absolute Gasteiger partial charge is 0.481 e. The molecule has 1 fully saturated rings. The van der Waals surface area contributed by atoms with E-state index in [1.54, 1.807) is 0 Å². The van der Waals surface area contributed by atoms with E-state index in [0.29, 0.717) is 18.9 Å². The molecule has 0 aliphatic carbocycles. The molecule has 110 valence electrons. The highest BCUT2D eigenvalue weighted by Gasteiger charge is 2.24. The lowest BCUT2D eigenvalue weighted by Gasteiger charge is -2.36. The number of aliphatic carboxylic acids is 1. The van der Waals surface area contributed by atoms with Crippen molar-refractivity contribution in [1.82, 2.24) is 9.80 Å². The Morgan fingerprint density at radius 2 is 1.89 bits per heavy atom. The zero-order valence-electron chi connectivity index (χ0n) is 12.1. The van der Waals surface area contributed by atoms with Gasteiger partial charge in [0.25, 0.3) is 0 Å². The van der Waals surface area contributed by atoms with E-state index in [1.807, 2.05) is 11.9 Å². The highest BCUT2D eigenvalue weighted by Crippen LogP contribution is 2.16. The van der Waals surface area contributed by atoms with Crippen LogP contribution in [0.2, 0.25) is 0 Å². The molecule has 1 saturated heterocycles. The zero-order chi connectivity index (χ0) is 14.3. The van der Waals surface area contributed by atoms with Crippen molar-refractivity contribution in [3.05, 3.63) is 0 Å². The fourth-order valence-corrected chi connectivity index (χ4v) is 2.62. The predicted octanol–water partition coefficient (Wildman–Crippen LogP) is 1.57. The van der Waals surface area contributed by atoms with Crippen molar-refractivity contribution in [1.29, 1.82) is 0 Å². The fraction of sp³-hybridized carbons (Fsp3) is 0.857. The Morgan fingerprint density at radius 3 is 2.42 bits per heavy atom. The number of hydrogen-bond acceptors (Lipinski definition) is 3. The summed E-state index contributed by atoms with van der Waals surface area (Å²) in [5, 5.41) is 8.56. The Morgan fingerprint density at radius 1 is 1.26 bits per heavy atom. The van der Waals surface area contributed by atoms with Gasteiger partial charge in [0.05, 0.1) is 0 Å². The first-order valence-electron chi connectivity index (χ1n) is 7.24. The average molecular weight is 270 g/mol. The molecular formula is C14H26N2O3. The number of carboxylic acid groups (broad SMARTS) is 1.